The third-order valence-electron chi connectivity index (χ3n) is 2.75. The first-order valence-corrected chi connectivity index (χ1v) is 5.98. The number of carbonyl (C=O) groups excluding carboxylic acids is 2. The number of rotatable bonds is 4. The summed E-state index contributed by atoms with van der Waals surface area (Å²) in [5.41, 5.74) is 0.407. The molecular weight excluding hydrogens is 272 g/mol. The van der Waals surface area contributed by atoms with Crippen LogP contribution in [0.25, 0.3) is 0 Å². The molecule has 1 saturated heterocycles. The van der Waals surface area contributed by atoms with Gasteiger partial charge in [0.05, 0.1) is 5.69 Å². The molecule has 0 aromatic heterocycles. The van der Waals surface area contributed by atoms with Crippen molar-refractivity contribution in [1.82, 2.24) is 5.32 Å². The predicted molar refractivity (Wildman–Crippen MR) is 68.1 cm³/mol. The van der Waals surface area contributed by atoms with Crippen LogP contribution in [-0.2, 0) is 9.59 Å². The zero-order chi connectivity index (χ0) is 14.0. The van der Waals surface area contributed by atoms with Crippen LogP contribution in [0.1, 0.15) is 12.8 Å². The summed E-state index contributed by atoms with van der Waals surface area (Å²) in [6.07, 6.45) is -0.102. The Morgan fingerprint density at radius 1 is 1.32 bits per heavy atom. The number of nitrogens with one attached hydrogen (secondary N) is 1. The number of imide groups is 1. The van der Waals surface area contributed by atoms with E-state index in [-0.39, 0.29) is 12.8 Å². The van der Waals surface area contributed by atoms with E-state index in [4.69, 9.17) is 16.7 Å². The fraction of sp³-hybridized carbons (Fsp3) is 0.250. The van der Waals surface area contributed by atoms with Crippen LogP contribution < -0.4 is 10.2 Å². The molecule has 1 aromatic carbocycles. The van der Waals surface area contributed by atoms with E-state index < -0.39 is 23.9 Å². The third-order valence-corrected chi connectivity index (χ3v) is 3.00. The van der Waals surface area contributed by atoms with E-state index in [2.05, 4.69) is 5.32 Å². The van der Waals surface area contributed by atoms with Crippen LogP contribution >= 0.6 is 11.6 Å². The van der Waals surface area contributed by atoms with Crippen LogP contribution in [-0.4, -0.2) is 29.1 Å². The number of anilines is 1. The summed E-state index contributed by atoms with van der Waals surface area (Å²) in [5, 5.41) is 11.5. The van der Waals surface area contributed by atoms with Gasteiger partial charge in [0.15, 0.2) is 0 Å². The molecule has 1 aliphatic heterocycles. The Hall–Kier alpha value is -2.08. The van der Waals surface area contributed by atoms with E-state index in [1.165, 1.54) is 0 Å². The molecule has 1 aliphatic rings. The van der Waals surface area contributed by atoms with Gasteiger partial charge < -0.3 is 10.4 Å². The van der Waals surface area contributed by atoms with Crippen molar-refractivity contribution in [2.75, 3.05) is 4.90 Å². The van der Waals surface area contributed by atoms with Crippen molar-refractivity contribution in [3.8, 4) is 0 Å². The largest absolute Gasteiger partial charge is 0.481 e. The van der Waals surface area contributed by atoms with Crippen LogP contribution in [0.5, 0.6) is 0 Å². The van der Waals surface area contributed by atoms with E-state index in [1.54, 1.807) is 24.3 Å². The van der Waals surface area contributed by atoms with Crippen LogP contribution in [0, 0.1) is 0 Å². The summed E-state index contributed by atoms with van der Waals surface area (Å²) < 4.78 is 0. The summed E-state index contributed by atoms with van der Waals surface area (Å²) in [5.74, 6) is -1.46. The van der Waals surface area contributed by atoms with Gasteiger partial charge in [-0.2, -0.15) is 0 Å². The van der Waals surface area contributed by atoms with Crippen LogP contribution in [0.3, 0.4) is 0 Å². The van der Waals surface area contributed by atoms with E-state index in [0.29, 0.717) is 10.7 Å². The van der Waals surface area contributed by atoms with Crippen molar-refractivity contribution in [1.29, 1.82) is 0 Å². The minimum atomic E-state index is -1.01. The molecule has 1 atom stereocenters. The number of amides is 3. The van der Waals surface area contributed by atoms with Crippen LogP contribution in [0.4, 0.5) is 10.5 Å². The Morgan fingerprint density at radius 2 is 1.95 bits per heavy atom. The second-order valence-electron chi connectivity index (χ2n) is 4.08. The lowest BCUT2D eigenvalue weighted by atomic mass is 10.1. The zero-order valence-electron chi connectivity index (χ0n) is 9.80. The molecule has 0 radical (unpaired) electrons. The van der Waals surface area contributed by atoms with Crippen molar-refractivity contribution < 1.29 is 19.5 Å². The van der Waals surface area contributed by atoms with Gasteiger partial charge in [0.1, 0.15) is 6.04 Å². The Morgan fingerprint density at radius 3 is 2.53 bits per heavy atom. The number of carboxylic acids is 1. The number of halogens is 1. The summed E-state index contributed by atoms with van der Waals surface area (Å²) in [6.45, 7) is 0. The van der Waals surface area contributed by atoms with E-state index >= 15 is 0 Å². The monoisotopic (exact) mass is 282 g/mol. The van der Waals surface area contributed by atoms with Crippen molar-refractivity contribution >= 4 is 35.2 Å². The number of hydrogen-bond donors (Lipinski definition) is 2. The molecule has 0 spiro atoms. The van der Waals surface area contributed by atoms with Gasteiger partial charge in [-0.05, 0) is 30.7 Å². The molecule has 0 saturated carbocycles. The highest BCUT2D eigenvalue weighted by Gasteiger charge is 2.38. The van der Waals surface area contributed by atoms with Gasteiger partial charge in [-0.25, -0.2) is 9.69 Å². The first-order valence-electron chi connectivity index (χ1n) is 5.61. The summed E-state index contributed by atoms with van der Waals surface area (Å²) in [6, 6.07) is 4.91. The average Bonchev–Trinajstić information content (AvgIpc) is 2.63. The molecule has 7 heteroatoms. The lowest BCUT2D eigenvalue weighted by Crippen LogP contribution is -2.31. The van der Waals surface area contributed by atoms with Gasteiger partial charge in [-0.1, -0.05) is 11.6 Å². The van der Waals surface area contributed by atoms with Crippen molar-refractivity contribution in [2.45, 2.75) is 18.9 Å². The molecule has 19 heavy (non-hydrogen) atoms. The van der Waals surface area contributed by atoms with Gasteiger partial charge in [0.25, 0.3) is 5.91 Å². The Labute approximate surface area is 114 Å². The zero-order valence-corrected chi connectivity index (χ0v) is 10.6. The number of carbonyl (C=O) groups is 3. The predicted octanol–water partition coefficient (Wildman–Crippen LogP) is 1.63. The molecule has 6 nitrogen and oxygen atoms in total. The number of aliphatic carboxylic acids is 1. The van der Waals surface area contributed by atoms with Gasteiger partial charge in [0, 0.05) is 11.4 Å². The van der Waals surface area contributed by atoms with E-state index in [9.17, 15) is 14.4 Å². The summed E-state index contributed by atoms with van der Waals surface area (Å²) >= 11 is 5.74. The van der Waals surface area contributed by atoms with E-state index in [0.717, 1.165) is 4.90 Å². The molecule has 2 rings (SSSR count). The molecule has 1 aromatic rings. The normalized spacial score (nSPS) is 18.6. The molecule has 3 amide bonds. The number of carboxylic acid groups (broad SMARTS) is 1. The Bertz CT molecular complexity index is 529. The quantitative estimate of drug-likeness (QED) is 0.822. The molecular formula is C12H11ClN2O4. The highest BCUT2D eigenvalue weighted by molar-refractivity contribution is 6.30. The second kappa shape index (κ2) is 5.27. The van der Waals surface area contributed by atoms with Crippen LogP contribution in [0.15, 0.2) is 24.3 Å². The van der Waals surface area contributed by atoms with Gasteiger partial charge in [-0.15, -0.1) is 0 Å². The maximum atomic E-state index is 12.0. The number of nitrogens with zero attached hydrogens (tertiary/aromatic N) is 1. The second-order valence-corrected chi connectivity index (χ2v) is 4.52. The minimum Gasteiger partial charge on any atom is -0.481 e. The highest BCUT2D eigenvalue weighted by atomic mass is 35.5. The molecule has 0 bridgehead atoms. The smallest absolute Gasteiger partial charge is 0.329 e. The summed E-state index contributed by atoms with van der Waals surface area (Å²) in [4.78, 5) is 35.2. The molecule has 1 unspecified atom stereocenters. The first kappa shape index (κ1) is 13.4. The average molecular weight is 283 g/mol. The lowest BCUT2D eigenvalue weighted by molar-refractivity contribution is -0.137. The van der Waals surface area contributed by atoms with Crippen molar-refractivity contribution in [3.63, 3.8) is 0 Å². The van der Waals surface area contributed by atoms with Gasteiger partial charge in [-0.3, -0.25) is 9.59 Å². The molecule has 100 valence electrons. The number of benzene rings is 1. The van der Waals surface area contributed by atoms with E-state index in [1.807, 2.05) is 0 Å². The molecule has 2 N–H and O–H groups in total. The fourth-order valence-corrected chi connectivity index (χ4v) is 1.96. The number of hydrogen-bond acceptors (Lipinski definition) is 3. The fourth-order valence-electron chi connectivity index (χ4n) is 1.83. The maximum Gasteiger partial charge on any atom is 0.329 e. The molecule has 1 heterocycles. The number of urea groups is 1. The van der Waals surface area contributed by atoms with Gasteiger partial charge >= 0.3 is 12.0 Å². The SMILES string of the molecule is O=C(O)CCC1NC(=O)N(c2ccc(Cl)cc2)C1=O. The summed E-state index contributed by atoms with van der Waals surface area (Å²) in [7, 11) is 0. The molecule has 1 fully saturated rings. The maximum absolute atomic E-state index is 12.0. The topological polar surface area (TPSA) is 86.7 Å². The van der Waals surface area contributed by atoms with Crippen molar-refractivity contribution in [3.05, 3.63) is 29.3 Å². The van der Waals surface area contributed by atoms with Crippen molar-refractivity contribution in [2.24, 2.45) is 0 Å². The van der Waals surface area contributed by atoms with Gasteiger partial charge in [0.2, 0.25) is 0 Å². The lowest BCUT2D eigenvalue weighted by Gasteiger charge is -2.12. The Kier molecular flexibility index (Phi) is 3.71. The first-order chi connectivity index (χ1) is 8.99. The standard InChI is InChI=1S/C12H11ClN2O4/c13-7-1-3-8(4-2-7)15-11(18)9(14-12(15)19)5-6-10(16)17/h1-4,9H,5-6H2,(H,14,19)(H,16,17). The third kappa shape index (κ3) is 2.85. The molecule has 0 aliphatic carbocycles. The minimum absolute atomic E-state index is 0.0734. The Balaban J connectivity index is 2.14. The highest BCUT2D eigenvalue weighted by Crippen LogP contribution is 2.22. The van der Waals surface area contributed by atoms with Crippen LogP contribution in [0.2, 0.25) is 5.02 Å².